The lowest BCUT2D eigenvalue weighted by atomic mass is 10.1. The van der Waals surface area contributed by atoms with Crippen molar-refractivity contribution in [3.05, 3.63) is 40.3 Å². The summed E-state index contributed by atoms with van der Waals surface area (Å²) in [5.74, 6) is -0.517. The van der Waals surface area contributed by atoms with E-state index in [2.05, 4.69) is 15.7 Å². The van der Waals surface area contributed by atoms with E-state index in [9.17, 15) is 9.59 Å². The molecule has 2 aromatic rings. The van der Waals surface area contributed by atoms with Crippen LogP contribution in [0.2, 0.25) is 0 Å². The Morgan fingerprint density at radius 2 is 2.14 bits per heavy atom. The van der Waals surface area contributed by atoms with Gasteiger partial charge in [0.25, 0.3) is 11.5 Å². The van der Waals surface area contributed by atoms with Gasteiger partial charge in [0.05, 0.1) is 5.39 Å². The van der Waals surface area contributed by atoms with Gasteiger partial charge in [0.15, 0.2) is 12.0 Å². The second-order valence-electron chi connectivity index (χ2n) is 4.79. The molecule has 1 atom stereocenters. The van der Waals surface area contributed by atoms with Gasteiger partial charge in [-0.2, -0.15) is 5.10 Å². The van der Waals surface area contributed by atoms with Crippen LogP contribution in [0.15, 0.2) is 29.1 Å². The molecule has 7 nitrogen and oxygen atoms in total. The largest absolute Gasteiger partial charge is 0.350 e. The molecular weight excluding hydrogens is 274 g/mol. The summed E-state index contributed by atoms with van der Waals surface area (Å²) in [6, 6.07) is 6.78. The van der Waals surface area contributed by atoms with Gasteiger partial charge in [-0.25, -0.2) is 15.4 Å². The molecule has 21 heavy (non-hydrogen) atoms. The molecule has 1 saturated heterocycles. The number of rotatable bonds is 3. The molecule has 1 aromatic carbocycles. The van der Waals surface area contributed by atoms with Gasteiger partial charge >= 0.3 is 0 Å². The normalized spacial score (nSPS) is 18.6. The van der Waals surface area contributed by atoms with Crippen molar-refractivity contribution in [1.82, 2.24) is 15.7 Å². The molecule has 7 heteroatoms. The van der Waals surface area contributed by atoms with Gasteiger partial charge in [-0.3, -0.25) is 9.59 Å². The molecular formula is C14H15N3O4. The minimum absolute atomic E-state index is 0.112. The van der Waals surface area contributed by atoms with Crippen LogP contribution >= 0.6 is 0 Å². The Hall–Kier alpha value is -2.25. The SMILES string of the molecule is O=C(NO[C@@H]1CCCCO1)c1n[nH]c(=O)c2ccccc12. The van der Waals surface area contributed by atoms with Crippen LogP contribution in [0.3, 0.4) is 0 Å². The smallest absolute Gasteiger partial charge is 0.296 e. The van der Waals surface area contributed by atoms with Gasteiger partial charge in [-0.05, 0) is 18.9 Å². The highest BCUT2D eigenvalue weighted by atomic mass is 16.8. The highest BCUT2D eigenvalue weighted by Crippen LogP contribution is 2.14. The summed E-state index contributed by atoms with van der Waals surface area (Å²) < 4.78 is 5.36. The van der Waals surface area contributed by atoms with E-state index >= 15 is 0 Å². The van der Waals surface area contributed by atoms with Gasteiger partial charge in [0.1, 0.15) is 0 Å². The molecule has 0 aliphatic carbocycles. The predicted octanol–water partition coefficient (Wildman–Crippen LogP) is 1.11. The Morgan fingerprint density at radius 1 is 1.33 bits per heavy atom. The number of aromatic amines is 1. The number of carbonyl (C=O) groups is 1. The Morgan fingerprint density at radius 3 is 2.90 bits per heavy atom. The zero-order chi connectivity index (χ0) is 14.7. The van der Waals surface area contributed by atoms with E-state index in [1.807, 2.05) is 0 Å². The van der Waals surface area contributed by atoms with Crippen LogP contribution in [0.4, 0.5) is 0 Å². The lowest BCUT2D eigenvalue weighted by Crippen LogP contribution is -2.34. The first-order valence-corrected chi connectivity index (χ1v) is 6.81. The molecule has 0 bridgehead atoms. The molecule has 0 radical (unpaired) electrons. The quantitative estimate of drug-likeness (QED) is 0.826. The number of nitrogens with one attached hydrogen (secondary N) is 2. The molecule has 2 N–H and O–H groups in total. The maximum absolute atomic E-state index is 12.1. The van der Waals surface area contributed by atoms with Crippen LogP contribution in [0.1, 0.15) is 29.8 Å². The van der Waals surface area contributed by atoms with Crippen LogP contribution < -0.4 is 11.0 Å². The van der Waals surface area contributed by atoms with Crippen molar-refractivity contribution < 1.29 is 14.4 Å². The van der Waals surface area contributed by atoms with Crippen molar-refractivity contribution in [3.8, 4) is 0 Å². The third-order valence-electron chi connectivity index (χ3n) is 3.33. The molecule has 2 heterocycles. The van der Waals surface area contributed by atoms with Gasteiger partial charge in [-0.15, -0.1) is 0 Å². The summed E-state index contributed by atoms with van der Waals surface area (Å²) in [7, 11) is 0. The van der Waals surface area contributed by atoms with E-state index in [0.29, 0.717) is 17.4 Å². The van der Waals surface area contributed by atoms with Crippen molar-refractivity contribution in [2.75, 3.05) is 6.61 Å². The summed E-state index contributed by atoms with van der Waals surface area (Å²) in [6.07, 6.45) is 2.30. The molecule has 1 aliphatic rings. The topological polar surface area (TPSA) is 93.3 Å². The minimum Gasteiger partial charge on any atom is -0.350 e. The Balaban J connectivity index is 1.78. The lowest BCUT2D eigenvalue weighted by molar-refractivity contribution is -0.186. The molecule has 110 valence electrons. The Labute approximate surface area is 120 Å². The number of nitrogens with zero attached hydrogens (tertiary/aromatic N) is 1. The van der Waals surface area contributed by atoms with Gasteiger partial charge in [0, 0.05) is 18.4 Å². The average molecular weight is 289 g/mol. The van der Waals surface area contributed by atoms with E-state index in [0.717, 1.165) is 19.3 Å². The molecule has 1 fully saturated rings. The first kappa shape index (κ1) is 13.7. The molecule has 1 aromatic heterocycles. The molecule has 3 rings (SSSR count). The fourth-order valence-corrected chi connectivity index (χ4v) is 2.26. The first-order valence-electron chi connectivity index (χ1n) is 6.81. The lowest BCUT2D eigenvalue weighted by Gasteiger charge is -2.22. The Bertz CT molecular complexity index is 707. The molecule has 0 unspecified atom stereocenters. The third-order valence-corrected chi connectivity index (χ3v) is 3.33. The number of hydrogen-bond donors (Lipinski definition) is 2. The van der Waals surface area contributed by atoms with Crippen LogP contribution in [0, 0.1) is 0 Å². The fraction of sp³-hybridized carbons (Fsp3) is 0.357. The minimum atomic E-state index is -0.517. The maximum Gasteiger partial charge on any atom is 0.296 e. The van der Waals surface area contributed by atoms with Crippen molar-refractivity contribution in [3.63, 3.8) is 0 Å². The average Bonchev–Trinajstić information content (AvgIpc) is 2.54. The van der Waals surface area contributed by atoms with Gasteiger partial charge < -0.3 is 4.74 Å². The van der Waals surface area contributed by atoms with Crippen LogP contribution in [-0.2, 0) is 9.57 Å². The Kier molecular flexibility index (Phi) is 3.94. The van der Waals surface area contributed by atoms with E-state index in [4.69, 9.17) is 9.57 Å². The number of ether oxygens (including phenoxy) is 1. The monoisotopic (exact) mass is 289 g/mol. The fourth-order valence-electron chi connectivity index (χ4n) is 2.26. The number of hydrogen-bond acceptors (Lipinski definition) is 5. The standard InChI is InChI=1S/C14H15N3O4/c18-13-10-6-2-1-5-9(10)12(15-16-13)14(19)17-21-11-7-3-4-8-20-11/h1-2,5-6,11H,3-4,7-8H2,(H,16,18)(H,17,19)/t11-/m1/s1. The zero-order valence-electron chi connectivity index (χ0n) is 11.3. The van der Waals surface area contributed by atoms with E-state index in [1.165, 1.54) is 0 Å². The third kappa shape index (κ3) is 2.93. The second-order valence-corrected chi connectivity index (χ2v) is 4.79. The number of hydroxylamine groups is 1. The summed E-state index contributed by atoms with van der Waals surface area (Å²) >= 11 is 0. The van der Waals surface area contributed by atoms with Gasteiger partial charge in [-0.1, -0.05) is 18.2 Å². The predicted molar refractivity (Wildman–Crippen MR) is 74.5 cm³/mol. The number of carbonyl (C=O) groups excluding carboxylic acids is 1. The molecule has 0 saturated carbocycles. The second kappa shape index (κ2) is 6.02. The molecule has 1 aliphatic heterocycles. The summed E-state index contributed by atoms with van der Waals surface area (Å²) in [6.45, 7) is 0.625. The highest BCUT2D eigenvalue weighted by molar-refractivity contribution is 6.04. The number of fused-ring (bicyclic) bond motifs is 1. The molecule has 0 spiro atoms. The summed E-state index contributed by atoms with van der Waals surface area (Å²) in [4.78, 5) is 29.0. The van der Waals surface area contributed by atoms with Crippen molar-refractivity contribution in [1.29, 1.82) is 0 Å². The molecule has 1 amide bonds. The number of benzene rings is 1. The van der Waals surface area contributed by atoms with Gasteiger partial charge in [0.2, 0.25) is 0 Å². The van der Waals surface area contributed by atoms with Crippen LogP contribution in [-0.4, -0.2) is 29.0 Å². The number of aromatic nitrogens is 2. The summed E-state index contributed by atoms with van der Waals surface area (Å²) in [5, 5.41) is 7.00. The van der Waals surface area contributed by atoms with Crippen molar-refractivity contribution in [2.45, 2.75) is 25.6 Å². The van der Waals surface area contributed by atoms with Crippen molar-refractivity contribution >= 4 is 16.7 Å². The van der Waals surface area contributed by atoms with E-state index < -0.39 is 12.2 Å². The van der Waals surface area contributed by atoms with E-state index in [-0.39, 0.29) is 11.3 Å². The first-order chi connectivity index (χ1) is 10.3. The number of amides is 1. The highest BCUT2D eigenvalue weighted by Gasteiger charge is 2.18. The van der Waals surface area contributed by atoms with Crippen LogP contribution in [0.25, 0.3) is 10.8 Å². The van der Waals surface area contributed by atoms with Crippen LogP contribution in [0.5, 0.6) is 0 Å². The number of H-pyrrole nitrogens is 1. The van der Waals surface area contributed by atoms with Crippen molar-refractivity contribution in [2.24, 2.45) is 0 Å². The maximum atomic E-state index is 12.1. The van der Waals surface area contributed by atoms with E-state index in [1.54, 1.807) is 24.3 Å². The zero-order valence-corrected chi connectivity index (χ0v) is 11.3. The summed E-state index contributed by atoms with van der Waals surface area (Å²) in [5.41, 5.74) is 2.11.